The quantitative estimate of drug-likeness (QED) is 0.605. The molecule has 0 bridgehead atoms. The molecule has 0 aliphatic carbocycles. The standard InChI is InChI=1S/C13H13FN4O3/c1-9(19)16-4-6-17(7-5-16)11-2-3-12(18(20)21)13(14)10(11)8-15/h2-3H,4-7H2,1H3. The van der Waals surface area contributed by atoms with Crippen LogP contribution in [0.2, 0.25) is 0 Å². The molecular weight excluding hydrogens is 279 g/mol. The number of hydrogen-bond acceptors (Lipinski definition) is 5. The molecule has 0 unspecified atom stereocenters. The van der Waals surface area contributed by atoms with Crippen molar-refractivity contribution in [3.8, 4) is 6.07 Å². The number of benzene rings is 1. The third-order valence-electron chi connectivity index (χ3n) is 3.47. The van der Waals surface area contributed by atoms with E-state index in [0.717, 1.165) is 6.07 Å². The molecule has 1 aliphatic rings. The highest BCUT2D eigenvalue weighted by Crippen LogP contribution is 2.29. The summed E-state index contributed by atoms with van der Waals surface area (Å²) in [6.07, 6.45) is 0. The molecular formula is C13H13FN4O3. The lowest BCUT2D eigenvalue weighted by Gasteiger charge is -2.35. The Balaban J connectivity index is 2.30. The van der Waals surface area contributed by atoms with Crippen molar-refractivity contribution in [3.05, 3.63) is 33.6 Å². The van der Waals surface area contributed by atoms with Gasteiger partial charge in [-0.25, -0.2) is 0 Å². The number of carbonyl (C=O) groups excluding carboxylic acids is 1. The highest BCUT2D eigenvalue weighted by molar-refractivity contribution is 5.74. The van der Waals surface area contributed by atoms with Crippen LogP contribution < -0.4 is 4.90 Å². The number of nitrogens with zero attached hydrogens (tertiary/aromatic N) is 4. The van der Waals surface area contributed by atoms with Crippen molar-refractivity contribution in [2.45, 2.75) is 6.92 Å². The van der Waals surface area contributed by atoms with E-state index in [2.05, 4.69) is 0 Å². The van der Waals surface area contributed by atoms with Crippen molar-refractivity contribution in [1.29, 1.82) is 5.26 Å². The zero-order valence-electron chi connectivity index (χ0n) is 11.4. The SMILES string of the molecule is CC(=O)N1CCN(c2ccc([N+](=O)[O-])c(F)c2C#N)CC1. The third kappa shape index (κ3) is 2.76. The fourth-order valence-electron chi connectivity index (χ4n) is 2.33. The summed E-state index contributed by atoms with van der Waals surface area (Å²) < 4.78 is 14.0. The summed E-state index contributed by atoms with van der Waals surface area (Å²) in [5, 5.41) is 19.8. The lowest BCUT2D eigenvalue weighted by atomic mass is 10.1. The van der Waals surface area contributed by atoms with Crippen LogP contribution in [0.15, 0.2) is 12.1 Å². The minimum absolute atomic E-state index is 0.0370. The number of halogens is 1. The first-order chi connectivity index (χ1) is 9.95. The number of nitro benzene ring substituents is 1. The van der Waals surface area contributed by atoms with E-state index in [4.69, 9.17) is 5.26 Å². The highest BCUT2D eigenvalue weighted by Gasteiger charge is 2.26. The smallest absolute Gasteiger partial charge is 0.306 e. The van der Waals surface area contributed by atoms with Crippen LogP contribution in [0.25, 0.3) is 0 Å². The summed E-state index contributed by atoms with van der Waals surface area (Å²) in [7, 11) is 0. The van der Waals surface area contributed by atoms with Gasteiger partial charge in [-0.2, -0.15) is 9.65 Å². The van der Waals surface area contributed by atoms with Gasteiger partial charge in [-0.1, -0.05) is 0 Å². The summed E-state index contributed by atoms with van der Waals surface area (Å²) in [5.74, 6) is -1.15. The third-order valence-corrected chi connectivity index (χ3v) is 3.47. The molecule has 2 rings (SSSR count). The minimum atomic E-state index is -1.12. The highest BCUT2D eigenvalue weighted by atomic mass is 19.1. The van der Waals surface area contributed by atoms with Gasteiger partial charge >= 0.3 is 5.69 Å². The molecule has 0 atom stereocenters. The van der Waals surface area contributed by atoms with Crippen LogP contribution in [0.5, 0.6) is 0 Å². The molecule has 1 aromatic rings. The van der Waals surface area contributed by atoms with E-state index in [1.54, 1.807) is 15.9 Å². The molecule has 0 radical (unpaired) electrons. The van der Waals surface area contributed by atoms with E-state index < -0.39 is 16.4 Å². The number of hydrogen-bond donors (Lipinski definition) is 0. The average molecular weight is 292 g/mol. The second kappa shape index (κ2) is 5.75. The van der Waals surface area contributed by atoms with Crippen molar-refractivity contribution in [3.63, 3.8) is 0 Å². The molecule has 0 spiro atoms. The fraction of sp³-hybridized carbons (Fsp3) is 0.385. The van der Waals surface area contributed by atoms with E-state index >= 15 is 0 Å². The predicted molar refractivity (Wildman–Crippen MR) is 72.2 cm³/mol. The Labute approximate surface area is 120 Å². The lowest BCUT2D eigenvalue weighted by molar-refractivity contribution is -0.387. The minimum Gasteiger partial charge on any atom is -0.367 e. The number of nitriles is 1. The molecule has 1 aromatic carbocycles. The molecule has 1 fully saturated rings. The van der Waals surface area contributed by atoms with Crippen molar-refractivity contribution in [2.75, 3.05) is 31.1 Å². The van der Waals surface area contributed by atoms with Gasteiger partial charge in [0, 0.05) is 39.2 Å². The van der Waals surface area contributed by atoms with E-state index in [0.29, 0.717) is 31.9 Å². The van der Waals surface area contributed by atoms with Crippen LogP contribution in [0.1, 0.15) is 12.5 Å². The largest absolute Gasteiger partial charge is 0.367 e. The van der Waals surface area contributed by atoms with Crippen LogP contribution in [0, 0.1) is 27.3 Å². The van der Waals surface area contributed by atoms with Crippen molar-refractivity contribution < 1.29 is 14.1 Å². The summed E-state index contributed by atoms with van der Waals surface area (Å²) in [6.45, 7) is 3.32. The van der Waals surface area contributed by atoms with Crippen LogP contribution in [-0.2, 0) is 4.79 Å². The van der Waals surface area contributed by atoms with Gasteiger partial charge < -0.3 is 9.80 Å². The maximum atomic E-state index is 14.0. The Kier molecular flexibility index (Phi) is 4.03. The zero-order valence-corrected chi connectivity index (χ0v) is 11.4. The lowest BCUT2D eigenvalue weighted by Crippen LogP contribution is -2.48. The first-order valence-electron chi connectivity index (χ1n) is 6.33. The molecule has 0 aromatic heterocycles. The molecule has 1 aliphatic heterocycles. The van der Waals surface area contributed by atoms with E-state index in [9.17, 15) is 19.3 Å². The number of nitro groups is 1. The summed E-state index contributed by atoms with van der Waals surface area (Å²) in [4.78, 5) is 24.5. The fourth-order valence-corrected chi connectivity index (χ4v) is 2.33. The number of piperazine rings is 1. The number of amides is 1. The predicted octanol–water partition coefficient (Wildman–Crippen LogP) is 1.27. The monoisotopic (exact) mass is 292 g/mol. The molecule has 7 nitrogen and oxygen atoms in total. The van der Waals surface area contributed by atoms with Gasteiger partial charge in [-0.15, -0.1) is 0 Å². The number of anilines is 1. The van der Waals surface area contributed by atoms with Gasteiger partial charge in [0.2, 0.25) is 11.7 Å². The van der Waals surface area contributed by atoms with E-state index in [1.165, 1.54) is 13.0 Å². The molecule has 8 heteroatoms. The molecule has 110 valence electrons. The summed E-state index contributed by atoms with van der Waals surface area (Å²) in [6, 6.07) is 4.13. The van der Waals surface area contributed by atoms with Gasteiger partial charge in [0.25, 0.3) is 0 Å². The number of rotatable bonds is 2. The van der Waals surface area contributed by atoms with Gasteiger partial charge in [-0.3, -0.25) is 14.9 Å². The molecule has 0 N–H and O–H groups in total. The normalized spacial score (nSPS) is 14.7. The Morgan fingerprint density at radius 2 is 2.00 bits per heavy atom. The van der Waals surface area contributed by atoms with E-state index in [-0.39, 0.29) is 11.5 Å². The Morgan fingerprint density at radius 3 is 2.48 bits per heavy atom. The Hall–Kier alpha value is -2.69. The first-order valence-corrected chi connectivity index (χ1v) is 6.33. The van der Waals surface area contributed by atoms with Crippen molar-refractivity contribution in [2.24, 2.45) is 0 Å². The van der Waals surface area contributed by atoms with Crippen LogP contribution >= 0.6 is 0 Å². The Bertz CT molecular complexity index is 633. The van der Waals surface area contributed by atoms with Gasteiger partial charge in [0.05, 0.1) is 10.6 Å². The van der Waals surface area contributed by atoms with Crippen LogP contribution in [-0.4, -0.2) is 41.9 Å². The molecule has 1 amide bonds. The van der Waals surface area contributed by atoms with E-state index in [1.807, 2.05) is 0 Å². The molecule has 21 heavy (non-hydrogen) atoms. The maximum absolute atomic E-state index is 14.0. The van der Waals surface area contributed by atoms with Gasteiger partial charge in [-0.05, 0) is 6.07 Å². The molecule has 1 saturated heterocycles. The van der Waals surface area contributed by atoms with Crippen molar-refractivity contribution in [1.82, 2.24) is 4.90 Å². The molecule has 1 heterocycles. The zero-order chi connectivity index (χ0) is 15.6. The van der Waals surface area contributed by atoms with Gasteiger partial charge in [0.1, 0.15) is 11.6 Å². The second-order valence-electron chi connectivity index (χ2n) is 4.65. The average Bonchev–Trinajstić information content (AvgIpc) is 2.46. The van der Waals surface area contributed by atoms with Crippen LogP contribution in [0.3, 0.4) is 0 Å². The summed E-state index contributed by atoms with van der Waals surface area (Å²) >= 11 is 0. The maximum Gasteiger partial charge on any atom is 0.306 e. The summed E-state index contributed by atoms with van der Waals surface area (Å²) in [5.41, 5.74) is -0.720. The topological polar surface area (TPSA) is 90.5 Å². The first kappa shape index (κ1) is 14.7. The second-order valence-corrected chi connectivity index (χ2v) is 4.65. The molecule has 0 saturated carbocycles. The number of carbonyl (C=O) groups is 1. The van der Waals surface area contributed by atoms with Crippen molar-refractivity contribution >= 4 is 17.3 Å². The van der Waals surface area contributed by atoms with Crippen LogP contribution in [0.4, 0.5) is 15.8 Å². The Morgan fingerprint density at radius 1 is 1.38 bits per heavy atom. The van der Waals surface area contributed by atoms with Gasteiger partial charge in [0.15, 0.2) is 0 Å².